The third-order valence-electron chi connectivity index (χ3n) is 4.96. The molecule has 130 valence electrons. The molecule has 1 aliphatic carbocycles. The highest BCUT2D eigenvalue weighted by Gasteiger charge is 2.26. The molecule has 1 saturated heterocycles. The van der Waals surface area contributed by atoms with Gasteiger partial charge >= 0.3 is 0 Å². The Morgan fingerprint density at radius 2 is 1.75 bits per heavy atom. The number of amides is 2. The minimum absolute atomic E-state index is 0.202. The molecule has 1 saturated carbocycles. The lowest BCUT2D eigenvalue weighted by Gasteiger charge is -2.23. The third-order valence-corrected chi connectivity index (χ3v) is 4.96. The van der Waals surface area contributed by atoms with Gasteiger partial charge in [-0.25, -0.2) is 0 Å². The number of rotatable bonds is 3. The van der Waals surface area contributed by atoms with Crippen LogP contribution in [0, 0.1) is 5.92 Å². The number of aromatic nitrogens is 2. The maximum absolute atomic E-state index is 12.5. The lowest BCUT2D eigenvalue weighted by Crippen LogP contribution is -2.38. The van der Waals surface area contributed by atoms with Gasteiger partial charge in [0.2, 0.25) is 5.91 Å². The van der Waals surface area contributed by atoms with E-state index >= 15 is 0 Å². The number of nitrogens with one attached hydrogen (secondary N) is 1. The van der Waals surface area contributed by atoms with Crippen molar-refractivity contribution in [2.45, 2.75) is 38.5 Å². The Bertz CT molecular complexity index is 651. The van der Waals surface area contributed by atoms with Gasteiger partial charge in [-0.3, -0.25) is 19.4 Å². The van der Waals surface area contributed by atoms with Gasteiger partial charge in [-0.2, -0.15) is 0 Å². The highest BCUT2D eigenvalue weighted by atomic mass is 16.2. The normalized spacial score (nSPS) is 19.3. The number of H-pyrrole nitrogens is 1. The molecule has 7 nitrogen and oxygen atoms in total. The zero-order valence-electron chi connectivity index (χ0n) is 13.9. The Balaban J connectivity index is 1.57. The van der Waals surface area contributed by atoms with E-state index in [0.29, 0.717) is 38.5 Å². The SMILES string of the molecule is O=C(CC1CCCC1)N1CCCN(C(=O)c2cncc(=O)[nH]2)CC1. The van der Waals surface area contributed by atoms with Crippen molar-refractivity contribution in [2.24, 2.45) is 5.92 Å². The van der Waals surface area contributed by atoms with Crippen molar-refractivity contribution in [1.82, 2.24) is 19.8 Å². The summed E-state index contributed by atoms with van der Waals surface area (Å²) in [5, 5.41) is 0. The maximum atomic E-state index is 12.5. The molecule has 2 fully saturated rings. The number of hydrogen-bond acceptors (Lipinski definition) is 4. The Hall–Kier alpha value is -2.18. The molecule has 0 aromatic carbocycles. The zero-order chi connectivity index (χ0) is 16.9. The van der Waals surface area contributed by atoms with E-state index in [1.54, 1.807) is 4.90 Å². The monoisotopic (exact) mass is 332 g/mol. The summed E-state index contributed by atoms with van der Waals surface area (Å²) >= 11 is 0. The molecule has 2 heterocycles. The van der Waals surface area contributed by atoms with Gasteiger partial charge in [0.15, 0.2) is 0 Å². The van der Waals surface area contributed by atoms with Crippen LogP contribution in [0.5, 0.6) is 0 Å². The summed E-state index contributed by atoms with van der Waals surface area (Å²) in [6.07, 6.45) is 8.72. The van der Waals surface area contributed by atoms with Crippen LogP contribution < -0.4 is 5.56 Å². The Kier molecular flexibility index (Phi) is 5.27. The second-order valence-electron chi connectivity index (χ2n) is 6.69. The molecule has 0 bridgehead atoms. The van der Waals surface area contributed by atoms with Crippen molar-refractivity contribution in [3.05, 3.63) is 28.4 Å². The van der Waals surface area contributed by atoms with E-state index in [4.69, 9.17) is 0 Å². The van der Waals surface area contributed by atoms with E-state index in [0.717, 1.165) is 12.6 Å². The molecule has 24 heavy (non-hydrogen) atoms. The van der Waals surface area contributed by atoms with Crippen LogP contribution in [0.1, 0.15) is 49.0 Å². The van der Waals surface area contributed by atoms with Crippen molar-refractivity contribution in [2.75, 3.05) is 26.2 Å². The van der Waals surface area contributed by atoms with Crippen LogP contribution in [0.2, 0.25) is 0 Å². The summed E-state index contributed by atoms with van der Waals surface area (Å²) in [5.74, 6) is 0.523. The quantitative estimate of drug-likeness (QED) is 0.895. The number of carbonyl (C=O) groups is 2. The zero-order valence-corrected chi connectivity index (χ0v) is 13.9. The highest BCUT2D eigenvalue weighted by molar-refractivity contribution is 5.92. The third kappa shape index (κ3) is 4.01. The molecule has 3 rings (SSSR count). The molecule has 2 aliphatic rings. The van der Waals surface area contributed by atoms with E-state index in [2.05, 4.69) is 9.97 Å². The summed E-state index contributed by atoms with van der Waals surface area (Å²) in [6, 6.07) is 0. The van der Waals surface area contributed by atoms with Crippen molar-refractivity contribution >= 4 is 11.8 Å². The number of nitrogens with zero attached hydrogens (tertiary/aromatic N) is 3. The summed E-state index contributed by atoms with van der Waals surface area (Å²) in [4.78, 5) is 46.1. The van der Waals surface area contributed by atoms with Gasteiger partial charge in [0.25, 0.3) is 11.5 Å². The van der Waals surface area contributed by atoms with Gasteiger partial charge in [0.1, 0.15) is 5.69 Å². The topological polar surface area (TPSA) is 86.4 Å². The van der Waals surface area contributed by atoms with Crippen LogP contribution in [0.15, 0.2) is 17.2 Å². The predicted molar refractivity (Wildman–Crippen MR) is 88.5 cm³/mol. The van der Waals surface area contributed by atoms with Crippen molar-refractivity contribution in [1.29, 1.82) is 0 Å². The summed E-state index contributed by atoms with van der Waals surface area (Å²) in [7, 11) is 0. The average molecular weight is 332 g/mol. The second kappa shape index (κ2) is 7.59. The number of carbonyl (C=O) groups excluding carboxylic acids is 2. The highest BCUT2D eigenvalue weighted by Crippen LogP contribution is 2.28. The molecule has 1 N–H and O–H groups in total. The Labute approximate surface area is 141 Å². The Morgan fingerprint density at radius 3 is 2.50 bits per heavy atom. The fourth-order valence-electron chi connectivity index (χ4n) is 3.62. The van der Waals surface area contributed by atoms with Crippen molar-refractivity contribution < 1.29 is 9.59 Å². The minimum atomic E-state index is -0.385. The van der Waals surface area contributed by atoms with E-state index in [-0.39, 0.29) is 23.1 Å². The average Bonchev–Trinajstić information content (AvgIpc) is 2.95. The fraction of sp³-hybridized carbons (Fsp3) is 0.647. The van der Waals surface area contributed by atoms with Crippen LogP contribution in [0.25, 0.3) is 0 Å². The van der Waals surface area contributed by atoms with Crippen LogP contribution in [-0.4, -0.2) is 57.8 Å². The molecule has 0 spiro atoms. The predicted octanol–water partition coefficient (Wildman–Crippen LogP) is 1.02. The number of hydrogen-bond donors (Lipinski definition) is 1. The first kappa shape index (κ1) is 16.7. The van der Waals surface area contributed by atoms with E-state index in [9.17, 15) is 14.4 Å². The molecule has 0 radical (unpaired) electrons. The minimum Gasteiger partial charge on any atom is -0.341 e. The van der Waals surface area contributed by atoms with Crippen LogP contribution in [0.4, 0.5) is 0 Å². The first-order valence-corrected chi connectivity index (χ1v) is 8.75. The first-order chi connectivity index (χ1) is 11.6. The van der Waals surface area contributed by atoms with E-state index in [1.165, 1.54) is 31.9 Å². The standard InChI is InChI=1S/C17H24N4O3/c22-15-12-18-11-14(19-15)17(24)21-7-3-6-20(8-9-21)16(23)10-13-4-1-2-5-13/h11-13H,1-10H2,(H,19,22). The molecule has 2 amide bonds. The smallest absolute Gasteiger partial charge is 0.272 e. The van der Waals surface area contributed by atoms with Crippen molar-refractivity contribution in [3.63, 3.8) is 0 Å². The van der Waals surface area contributed by atoms with Crippen LogP contribution in [-0.2, 0) is 4.79 Å². The van der Waals surface area contributed by atoms with Crippen molar-refractivity contribution in [3.8, 4) is 0 Å². The Morgan fingerprint density at radius 1 is 1.04 bits per heavy atom. The van der Waals surface area contributed by atoms with Gasteiger partial charge < -0.3 is 14.8 Å². The van der Waals surface area contributed by atoms with Gasteiger partial charge in [0.05, 0.1) is 12.4 Å². The molecule has 0 atom stereocenters. The molecule has 1 aliphatic heterocycles. The lowest BCUT2D eigenvalue weighted by atomic mass is 10.0. The second-order valence-corrected chi connectivity index (χ2v) is 6.69. The van der Waals surface area contributed by atoms with Gasteiger partial charge in [-0.1, -0.05) is 12.8 Å². The molecular weight excluding hydrogens is 308 g/mol. The van der Waals surface area contributed by atoms with E-state index in [1.807, 2.05) is 4.90 Å². The summed E-state index contributed by atoms with van der Waals surface area (Å²) in [5.41, 5.74) is -0.183. The van der Waals surface area contributed by atoms with Gasteiger partial charge in [0, 0.05) is 32.6 Å². The summed E-state index contributed by atoms with van der Waals surface area (Å²) in [6.45, 7) is 2.33. The molecule has 7 heteroatoms. The van der Waals surface area contributed by atoms with Crippen LogP contribution in [0.3, 0.4) is 0 Å². The fourth-order valence-corrected chi connectivity index (χ4v) is 3.62. The first-order valence-electron chi connectivity index (χ1n) is 8.75. The molecule has 1 aromatic heterocycles. The molecular formula is C17H24N4O3. The molecule has 1 aromatic rings. The summed E-state index contributed by atoms with van der Waals surface area (Å²) < 4.78 is 0. The van der Waals surface area contributed by atoms with Crippen LogP contribution >= 0.6 is 0 Å². The maximum Gasteiger partial charge on any atom is 0.272 e. The lowest BCUT2D eigenvalue weighted by molar-refractivity contribution is -0.132. The number of aromatic amines is 1. The van der Waals surface area contributed by atoms with Gasteiger partial charge in [-0.05, 0) is 25.2 Å². The van der Waals surface area contributed by atoms with Gasteiger partial charge in [-0.15, -0.1) is 0 Å². The molecule has 0 unspecified atom stereocenters. The van der Waals surface area contributed by atoms with E-state index < -0.39 is 0 Å². The largest absolute Gasteiger partial charge is 0.341 e.